The minimum absolute atomic E-state index is 0.134. The molecular formula is C14H13Cl2N3O2. The summed E-state index contributed by atoms with van der Waals surface area (Å²) in [5, 5.41) is 7.47. The van der Waals surface area contributed by atoms with Gasteiger partial charge in [0, 0.05) is 11.1 Å². The van der Waals surface area contributed by atoms with Crippen molar-refractivity contribution in [1.29, 1.82) is 0 Å². The summed E-state index contributed by atoms with van der Waals surface area (Å²) in [6.07, 6.45) is 0. The molecule has 0 spiro atoms. The molecule has 1 aromatic carbocycles. The van der Waals surface area contributed by atoms with Gasteiger partial charge in [-0.1, -0.05) is 23.2 Å². The molecule has 1 amide bonds. The molecular weight excluding hydrogens is 313 g/mol. The van der Waals surface area contributed by atoms with Crippen molar-refractivity contribution in [3.63, 3.8) is 0 Å². The third-order valence-electron chi connectivity index (χ3n) is 2.73. The van der Waals surface area contributed by atoms with E-state index in [2.05, 4.69) is 10.4 Å². The fourth-order valence-corrected chi connectivity index (χ4v) is 2.15. The van der Waals surface area contributed by atoms with E-state index in [0.29, 0.717) is 15.7 Å². The van der Waals surface area contributed by atoms with Crippen molar-refractivity contribution in [2.45, 2.75) is 19.9 Å². The van der Waals surface area contributed by atoms with Gasteiger partial charge in [0.1, 0.15) is 5.69 Å². The number of rotatable bonds is 3. The molecule has 0 atom stereocenters. The first-order valence-electron chi connectivity index (χ1n) is 6.25. The summed E-state index contributed by atoms with van der Waals surface area (Å²) in [5.74, 6) is -0.450. The third kappa shape index (κ3) is 3.62. The van der Waals surface area contributed by atoms with E-state index in [1.165, 1.54) is 22.9 Å². The van der Waals surface area contributed by atoms with Gasteiger partial charge in [0.05, 0.1) is 16.8 Å². The lowest BCUT2D eigenvalue weighted by atomic mass is 10.3. The maximum absolute atomic E-state index is 12.2. The Bertz CT molecular complexity index is 741. The number of benzene rings is 1. The van der Waals surface area contributed by atoms with Crippen molar-refractivity contribution >= 4 is 34.8 Å². The van der Waals surface area contributed by atoms with E-state index < -0.39 is 5.91 Å². The average molecular weight is 326 g/mol. The van der Waals surface area contributed by atoms with Crippen molar-refractivity contribution in [2.75, 3.05) is 5.32 Å². The largest absolute Gasteiger partial charge is 0.319 e. The molecule has 0 aliphatic rings. The van der Waals surface area contributed by atoms with Crippen LogP contribution in [-0.2, 0) is 0 Å². The minimum Gasteiger partial charge on any atom is -0.319 e. The molecule has 0 unspecified atom stereocenters. The lowest BCUT2D eigenvalue weighted by Gasteiger charge is -2.10. The molecule has 21 heavy (non-hydrogen) atoms. The van der Waals surface area contributed by atoms with E-state index in [1.54, 1.807) is 12.1 Å². The summed E-state index contributed by atoms with van der Waals surface area (Å²) >= 11 is 11.8. The monoisotopic (exact) mass is 325 g/mol. The number of hydrogen-bond acceptors (Lipinski definition) is 3. The Balaban J connectivity index is 2.28. The van der Waals surface area contributed by atoms with E-state index in [9.17, 15) is 9.59 Å². The third-order valence-corrected chi connectivity index (χ3v) is 3.27. The van der Waals surface area contributed by atoms with Gasteiger partial charge in [0.2, 0.25) is 0 Å². The normalized spacial score (nSPS) is 10.7. The second-order valence-electron chi connectivity index (χ2n) is 4.67. The summed E-state index contributed by atoms with van der Waals surface area (Å²) in [4.78, 5) is 23.8. The van der Waals surface area contributed by atoms with Crippen LogP contribution in [0.4, 0.5) is 5.69 Å². The molecule has 0 fully saturated rings. The second kappa shape index (κ2) is 6.28. The number of hydrogen-bond donors (Lipinski definition) is 1. The number of aromatic nitrogens is 2. The van der Waals surface area contributed by atoms with Gasteiger partial charge in [-0.25, -0.2) is 4.68 Å². The number of halogens is 2. The molecule has 2 aromatic rings. The van der Waals surface area contributed by atoms with Crippen molar-refractivity contribution in [3.05, 3.63) is 56.4 Å². The number of carbonyl (C=O) groups excluding carboxylic acids is 1. The van der Waals surface area contributed by atoms with Crippen molar-refractivity contribution in [2.24, 2.45) is 0 Å². The molecule has 0 bridgehead atoms. The molecule has 0 saturated heterocycles. The van der Waals surface area contributed by atoms with Gasteiger partial charge in [-0.2, -0.15) is 5.10 Å². The molecule has 0 saturated carbocycles. The second-order valence-corrected chi connectivity index (χ2v) is 5.52. The molecule has 0 aliphatic heterocycles. The molecule has 7 heteroatoms. The summed E-state index contributed by atoms with van der Waals surface area (Å²) in [6, 6.07) is 7.30. The summed E-state index contributed by atoms with van der Waals surface area (Å²) in [7, 11) is 0. The van der Waals surface area contributed by atoms with Crippen molar-refractivity contribution in [3.8, 4) is 0 Å². The van der Waals surface area contributed by atoms with Crippen molar-refractivity contribution < 1.29 is 4.79 Å². The lowest BCUT2D eigenvalue weighted by molar-refractivity contribution is 0.101. The van der Waals surface area contributed by atoms with E-state index in [4.69, 9.17) is 23.2 Å². The number of carbonyl (C=O) groups is 1. The van der Waals surface area contributed by atoms with E-state index in [-0.39, 0.29) is 17.3 Å². The lowest BCUT2D eigenvalue weighted by Crippen LogP contribution is -2.27. The molecule has 0 aliphatic carbocycles. The van der Waals surface area contributed by atoms with Crippen LogP contribution in [-0.4, -0.2) is 15.7 Å². The maximum Gasteiger partial charge on any atom is 0.276 e. The highest BCUT2D eigenvalue weighted by Gasteiger charge is 2.13. The quantitative estimate of drug-likeness (QED) is 0.940. The smallest absolute Gasteiger partial charge is 0.276 e. The van der Waals surface area contributed by atoms with Gasteiger partial charge in [-0.3, -0.25) is 9.59 Å². The first-order valence-corrected chi connectivity index (χ1v) is 7.00. The SMILES string of the molecule is CC(C)n1nc(C(=O)Nc2ccc(Cl)cc2Cl)ccc1=O. The molecule has 1 heterocycles. The first-order chi connectivity index (χ1) is 9.88. The van der Waals surface area contributed by atoms with E-state index in [0.717, 1.165) is 0 Å². The maximum atomic E-state index is 12.2. The highest BCUT2D eigenvalue weighted by molar-refractivity contribution is 6.36. The number of amides is 1. The van der Waals surface area contributed by atoms with Crippen LogP contribution in [0.25, 0.3) is 0 Å². The highest BCUT2D eigenvalue weighted by Crippen LogP contribution is 2.25. The minimum atomic E-state index is -0.450. The van der Waals surface area contributed by atoms with E-state index >= 15 is 0 Å². The van der Waals surface area contributed by atoms with Crippen LogP contribution in [0.1, 0.15) is 30.4 Å². The van der Waals surface area contributed by atoms with Gasteiger partial charge >= 0.3 is 0 Å². The summed E-state index contributed by atoms with van der Waals surface area (Å²) < 4.78 is 1.25. The van der Waals surface area contributed by atoms with Crippen LogP contribution in [0, 0.1) is 0 Å². The molecule has 5 nitrogen and oxygen atoms in total. The number of anilines is 1. The van der Waals surface area contributed by atoms with Crippen molar-refractivity contribution in [1.82, 2.24) is 9.78 Å². The van der Waals surface area contributed by atoms with Crippen LogP contribution in [0.3, 0.4) is 0 Å². The Kier molecular flexibility index (Phi) is 4.65. The van der Waals surface area contributed by atoms with Crippen LogP contribution in [0.2, 0.25) is 10.0 Å². The number of nitrogens with zero attached hydrogens (tertiary/aromatic N) is 2. The predicted molar refractivity (Wildman–Crippen MR) is 83.3 cm³/mol. The Hall–Kier alpha value is -1.85. The van der Waals surface area contributed by atoms with Gasteiger partial charge in [-0.05, 0) is 38.1 Å². The zero-order valence-corrected chi connectivity index (χ0v) is 12.9. The molecule has 0 radical (unpaired) electrons. The molecule has 1 N–H and O–H groups in total. The Morgan fingerprint density at radius 3 is 2.57 bits per heavy atom. The zero-order valence-electron chi connectivity index (χ0n) is 11.4. The van der Waals surface area contributed by atoms with E-state index in [1.807, 2.05) is 13.8 Å². The van der Waals surface area contributed by atoms with Gasteiger partial charge in [0.25, 0.3) is 11.5 Å². The Morgan fingerprint density at radius 2 is 1.95 bits per heavy atom. The molecule has 2 rings (SSSR count). The topological polar surface area (TPSA) is 64.0 Å². The Morgan fingerprint density at radius 1 is 1.24 bits per heavy atom. The number of nitrogens with one attached hydrogen (secondary N) is 1. The van der Waals surface area contributed by atoms with Gasteiger partial charge < -0.3 is 5.32 Å². The van der Waals surface area contributed by atoms with Crippen LogP contribution in [0.5, 0.6) is 0 Å². The van der Waals surface area contributed by atoms with Gasteiger partial charge in [-0.15, -0.1) is 0 Å². The first kappa shape index (κ1) is 15.5. The van der Waals surface area contributed by atoms with Crippen LogP contribution >= 0.6 is 23.2 Å². The summed E-state index contributed by atoms with van der Waals surface area (Å²) in [6.45, 7) is 3.62. The fraction of sp³-hybridized carbons (Fsp3) is 0.214. The van der Waals surface area contributed by atoms with Crippen LogP contribution in [0.15, 0.2) is 35.1 Å². The molecule has 110 valence electrons. The fourth-order valence-electron chi connectivity index (χ4n) is 1.69. The molecule has 1 aromatic heterocycles. The standard InChI is InChI=1S/C14H13Cl2N3O2/c1-8(2)19-13(20)6-5-12(18-19)14(21)17-11-4-3-9(15)7-10(11)16/h3-8H,1-2H3,(H,17,21). The van der Waals surface area contributed by atoms with Crippen LogP contribution < -0.4 is 10.9 Å². The Labute approximate surface area is 131 Å². The average Bonchev–Trinajstić information content (AvgIpc) is 2.42. The summed E-state index contributed by atoms with van der Waals surface area (Å²) in [5.41, 5.74) is 0.301. The predicted octanol–water partition coefficient (Wildman–Crippen LogP) is 3.38. The highest BCUT2D eigenvalue weighted by atomic mass is 35.5. The van der Waals surface area contributed by atoms with Gasteiger partial charge in [0.15, 0.2) is 0 Å². The zero-order chi connectivity index (χ0) is 15.6.